The molecule has 0 spiro atoms. The normalized spacial score (nSPS) is 11.7. The van der Waals surface area contributed by atoms with Gasteiger partial charge in [-0.15, -0.1) is 0 Å². The van der Waals surface area contributed by atoms with Crippen LogP contribution >= 0.6 is 23.2 Å². The van der Waals surface area contributed by atoms with E-state index in [1.807, 2.05) is 127 Å². The molecule has 1 amide bonds. The van der Waals surface area contributed by atoms with E-state index in [0.717, 1.165) is 38.9 Å². The van der Waals surface area contributed by atoms with Crippen LogP contribution in [0.3, 0.4) is 0 Å². The molecule has 5 rings (SSSR count). The molecule has 0 heterocycles. The Hall–Kier alpha value is -5.48. The first-order valence-electron chi connectivity index (χ1n) is 17.3. The lowest BCUT2D eigenvalue weighted by Gasteiger charge is -2.17. The summed E-state index contributed by atoms with van der Waals surface area (Å²) < 4.78 is 5.18. The molecule has 0 aliphatic carbocycles. The van der Waals surface area contributed by atoms with Crippen molar-refractivity contribution < 1.29 is 34.1 Å². The van der Waals surface area contributed by atoms with E-state index in [0.29, 0.717) is 22.9 Å². The molecule has 0 saturated carbocycles. The Bertz CT molecular complexity index is 1990. The summed E-state index contributed by atoms with van der Waals surface area (Å²) in [5, 5.41) is 22.0. The van der Waals surface area contributed by atoms with E-state index in [-0.39, 0.29) is 38.3 Å². The molecule has 2 atom stereocenters. The number of ether oxygens (including phenoxy) is 1. The molecule has 0 bridgehead atoms. The number of benzene rings is 5. The SMILES string of the molecule is N[C@@H](CC(=O)O)Cc1ccc(-c2cccc(Cl)c2)cc1.O=C(O)C[C@@H](Cc1ccc(-c2cccc(Cl)c2)cc1)NC(=O)CCC(=O)OCc1ccccc1. The van der Waals surface area contributed by atoms with E-state index in [4.69, 9.17) is 38.8 Å². The molecule has 11 heteroatoms. The molecule has 0 unspecified atom stereocenters. The molecule has 5 aromatic carbocycles. The molecule has 54 heavy (non-hydrogen) atoms. The lowest BCUT2D eigenvalue weighted by Crippen LogP contribution is -2.38. The summed E-state index contributed by atoms with van der Waals surface area (Å²) in [5.74, 6) is -2.75. The predicted molar refractivity (Wildman–Crippen MR) is 211 cm³/mol. The lowest BCUT2D eigenvalue weighted by atomic mass is 9.99. The average molecular weight is 770 g/mol. The Morgan fingerprint density at radius 3 is 1.61 bits per heavy atom. The van der Waals surface area contributed by atoms with Crippen molar-refractivity contribution in [1.29, 1.82) is 0 Å². The standard InChI is InChI=1S/C27H26ClNO5.C16H16ClNO2/c28-23-8-4-7-22(16-23)21-11-9-19(10-12-21)15-24(17-26(31)32)29-25(30)13-14-27(33)34-18-20-5-2-1-3-6-20;17-14-3-1-2-13(9-14)12-6-4-11(5-7-12)8-15(18)10-16(19)20/h1-12,16,24H,13-15,17-18H2,(H,29,30)(H,31,32);1-7,9,15H,8,10,18H2,(H,19,20)/t24-;15-/m11/s1. The van der Waals surface area contributed by atoms with Crippen LogP contribution in [-0.4, -0.2) is 46.1 Å². The van der Waals surface area contributed by atoms with Crippen LogP contribution in [0.2, 0.25) is 10.0 Å². The van der Waals surface area contributed by atoms with Gasteiger partial charge in [0.1, 0.15) is 6.61 Å². The summed E-state index contributed by atoms with van der Waals surface area (Å²) in [6.07, 6.45) is 0.523. The van der Waals surface area contributed by atoms with Crippen LogP contribution in [0.15, 0.2) is 127 Å². The minimum Gasteiger partial charge on any atom is -0.481 e. The van der Waals surface area contributed by atoms with E-state index >= 15 is 0 Å². The van der Waals surface area contributed by atoms with Crippen LogP contribution < -0.4 is 11.1 Å². The number of nitrogens with two attached hydrogens (primary N) is 1. The summed E-state index contributed by atoms with van der Waals surface area (Å²) in [6, 6.07) is 39.1. The zero-order chi connectivity index (χ0) is 38.9. The number of carboxylic acids is 2. The number of hydrogen-bond donors (Lipinski definition) is 4. The predicted octanol–water partition coefficient (Wildman–Crippen LogP) is 8.38. The van der Waals surface area contributed by atoms with Crippen molar-refractivity contribution >= 4 is 47.0 Å². The minimum atomic E-state index is -1.01. The first kappa shape index (κ1) is 41.3. The summed E-state index contributed by atoms with van der Waals surface area (Å²) in [5.41, 5.74) is 12.7. The van der Waals surface area contributed by atoms with Crippen LogP contribution in [-0.2, 0) is 43.4 Å². The molecule has 0 radical (unpaired) electrons. The fourth-order valence-electron chi connectivity index (χ4n) is 5.60. The summed E-state index contributed by atoms with van der Waals surface area (Å²) in [4.78, 5) is 46.2. The zero-order valence-electron chi connectivity index (χ0n) is 29.5. The molecule has 5 aromatic rings. The van der Waals surface area contributed by atoms with Crippen LogP contribution in [0.4, 0.5) is 0 Å². The summed E-state index contributed by atoms with van der Waals surface area (Å²) in [7, 11) is 0. The second-order valence-corrected chi connectivity index (χ2v) is 13.6. The molecule has 0 aromatic heterocycles. The number of nitrogens with one attached hydrogen (secondary N) is 1. The molecular weight excluding hydrogens is 727 g/mol. The van der Waals surface area contributed by atoms with Gasteiger partial charge in [-0.2, -0.15) is 0 Å². The topological polar surface area (TPSA) is 156 Å². The number of carboxylic acid groups (broad SMARTS) is 2. The van der Waals surface area contributed by atoms with Crippen LogP contribution in [0, 0.1) is 0 Å². The van der Waals surface area contributed by atoms with Gasteiger partial charge >= 0.3 is 17.9 Å². The van der Waals surface area contributed by atoms with Crippen LogP contribution in [0.25, 0.3) is 22.3 Å². The molecule has 0 saturated heterocycles. The number of esters is 1. The maximum Gasteiger partial charge on any atom is 0.306 e. The third-order valence-electron chi connectivity index (χ3n) is 8.23. The van der Waals surface area contributed by atoms with Crippen molar-refractivity contribution in [3.63, 3.8) is 0 Å². The van der Waals surface area contributed by atoms with Crippen LogP contribution in [0.1, 0.15) is 42.4 Å². The molecule has 0 fully saturated rings. The quantitative estimate of drug-likeness (QED) is 0.0730. The van der Waals surface area contributed by atoms with E-state index < -0.39 is 29.9 Å². The van der Waals surface area contributed by atoms with E-state index in [2.05, 4.69) is 5.32 Å². The largest absolute Gasteiger partial charge is 0.481 e. The molecule has 280 valence electrons. The second-order valence-electron chi connectivity index (χ2n) is 12.7. The highest BCUT2D eigenvalue weighted by Gasteiger charge is 2.18. The first-order valence-corrected chi connectivity index (χ1v) is 18.1. The van der Waals surface area contributed by atoms with E-state index in [1.54, 1.807) is 0 Å². The highest BCUT2D eigenvalue weighted by atomic mass is 35.5. The van der Waals surface area contributed by atoms with Crippen molar-refractivity contribution in [2.75, 3.05) is 0 Å². The molecule has 5 N–H and O–H groups in total. The van der Waals surface area contributed by atoms with Crippen LogP contribution in [0.5, 0.6) is 0 Å². The van der Waals surface area contributed by atoms with E-state index in [9.17, 15) is 24.3 Å². The highest BCUT2D eigenvalue weighted by Crippen LogP contribution is 2.25. The van der Waals surface area contributed by atoms with Gasteiger partial charge in [-0.05, 0) is 76.1 Å². The van der Waals surface area contributed by atoms with Gasteiger partial charge in [-0.25, -0.2) is 0 Å². The minimum absolute atomic E-state index is 0.0178. The third-order valence-corrected chi connectivity index (χ3v) is 8.70. The maximum absolute atomic E-state index is 12.4. The average Bonchev–Trinajstić information content (AvgIpc) is 3.14. The van der Waals surface area contributed by atoms with Gasteiger partial charge in [0.2, 0.25) is 5.91 Å². The van der Waals surface area contributed by atoms with Crippen molar-refractivity contribution in [3.05, 3.63) is 154 Å². The van der Waals surface area contributed by atoms with Crippen molar-refractivity contribution in [2.24, 2.45) is 5.73 Å². The number of carbonyl (C=O) groups is 4. The second kappa shape index (κ2) is 21.3. The molecule has 0 aliphatic heterocycles. The zero-order valence-corrected chi connectivity index (χ0v) is 31.0. The van der Waals surface area contributed by atoms with Gasteiger partial charge in [0.15, 0.2) is 0 Å². The Kier molecular flexibility index (Phi) is 16.3. The summed E-state index contributed by atoms with van der Waals surface area (Å²) in [6.45, 7) is 0.147. The smallest absolute Gasteiger partial charge is 0.306 e. The van der Waals surface area contributed by atoms with Gasteiger partial charge in [-0.1, -0.05) is 126 Å². The monoisotopic (exact) mass is 768 g/mol. The highest BCUT2D eigenvalue weighted by molar-refractivity contribution is 6.31. The van der Waals surface area contributed by atoms with Crippen molar-refractivity contribution in [1.82, 2.24) is 5.32 Å². The molecule has 0 aliphatic rings. The summed E-state index contributed by atoms with van der Waals surface area (Å²) >= 11 is 12.0. The van der Waals surface area contributed by atoms with E-state index in [1.165, 1.54) is 0 Å². The van der Waals surface area contributed by atoms with Gasteiger partial charge in [-0.3, -0.25) is 19.2 Å². The fourth-order valence-corrected chi connectivity index (χ4v) is 5.98. The number of halogens is 2. The Balaban J connectivity index is 0.000000276. The Morgan fingerprint density at radius 1 is 0.593 bits per heavy atom. The number of rotatable bonds is 16. The molecular formula is C43H42Cl2N2O7. The number of aliphatic carboxylic acids is 2. The number of hydrogen-bond acceptors (Lipinski definition) is 6. The number of amides is 1. The van der Waals surface area contributed by atoms with Gasteiger partial charge in [0.25, 0.3) is 0 Å². The van der Waals surface area contributed by atoms with Crippen molar-refractivity contribution in [2.45, 2.75) is 57.2 Å². The van der Waals surface area contributed by atoms with Crippen molar-refractivity contribution in [3.8, 4) is 22.3 Å². The van der Waals surface area contributed by atoms with Gasteiger partial charge in [0, 0.05) is 28.5 Å². The van der Waals surface area contributed by atoms with Gasteiger partial charge < -0.3 is 26.0 Å². The molecule has 9 nitrogen and oxygen atoms in total. The number of carbonyl (C=O) groups excluding carboxylic acids is 2. The lowest BCUT2D eigenvalue weighted by molar-refractivity contribution is -0.146. The fraction of sp³-hybridized carbons (Fsp3) is 0.209. The Labute approximate surface area is 324 Å². The maximum atomic E-state index is 12.4. The van der Waals surface area contributed by atoms with Gasteiger partial charge in [0.05, 0.1) is 19.3 Å². The third kappa shape index (κ3) is 14.9. The Morgan fingerprint density at radius 2 is 1.11 bits per heavy atom. The first-order chi connectivity index (χ1) is 25.9.